The van der Waals surface area contributed by atoms with Gasteiger partial charge in [-0.05, 0) is 30.2 Å². The number of amides is 1. The third kappa shape index (κ3) is 3.20. The van der Waals surface area contributed by atoms with Gasteiger partial charge in [-0.1, -0.05) is 11.2 Å². The molecule has 1 amide bonds. The highest BCUT2D eigenvalue weighted by molar-refractivity contribution is 7.10. The van der Waals surface area contributed by atoms with Crippen LogP contribution < -0.4 is 11.1 Å². The summed E-state index contributed by atoms with van der Waals surface area (Å²) in [4.78, 5) is 12.8. The van der Waals surface area contributed by atoms with Crippen LogP contribution in [0.15, 0.2) is 22.7 Å². The average molecular weight is 253 g/mol. The summed E-state index contributed by atoms with van der Waals surface area (Å²) in [6.45, 7) is 0. The van der Waals surface area contributed by atoms with Gasteiger partial charge in [0.15, 0.2) is 5.84 Å². The molecule has 6 heteroatoms. The Morgan fingerprint density at radius 3 is 3.00 bits per heavy atom. The van der Waals surface area contributed by atoms with E-state index in [-0.39, 0.29) is 17.8 Å². The molecule has 92 valence electrons. The van der Waals surface area contributed by atoms with Crippen molar-refractivity contribution in [2.24, 2.45) is 16.8 Å². The molecule has 1 fully saturated rings. The molecule has 1 aliphatic carbocycles. The zero-order chi connectivity index (χ0) is 12.3. The highest BCUT2D eigenvalue weighted by atomic mass is 32.1. The molecule has 1 aliphatic rings. The number of carbonyl (C=O) groups is 1. The van der Waals surface area contributed by atoms with Gasteiger partial charge >= 0.3 is 0 Å². The summed E-state index contributed by atoms with van der Waals surface area (Å²) in [6, 6.07) is 3.50. The fourth-order valence-electron chi connectivity index (χ4n) is 1.72. The molecule has 1 aromatic heterocycles. The summed E-state index contributed by atoms with van der Waals surface area (Å²) in [6.07, 6.45) is 2.37. The first kappa shape index (κ1) is 11.9. The van der Waals surface area contributed by atoms with Gasteiger partial charge in [0.2, 0.25) is 5.91 Å². The Balaban J connectivity index is 1.91. The molecule has 5 nitrogen and oxygen atoms in total. The molecule has 4 N–H and O–H groups in total. The van der Waals surface area contributed by atoms with Crippen molar-refractivity contribution in [3.8, 4) is 0 Å². The van der Waals surface area contributed by atoms with E-state index in [2.05, 4.69) is 10.5 Å². The Labute approximate surface area is 103 Å². The van der Waals surface area contributed by atoms with Crippen LogP contribution in [0.3, 0.4) is 0 Å². The topological polar surface area (TPSA) is 87.7 Å². The van der Waals surface area contributed by atoms with Gasteiger partial charge in [-0.25, -0.2) is 0 Å². The molecular formula is C11H15N3O2S. The van der Waals surface area contributed by atoms with E-state index in [1.54, 1.807) is 11.3 Å². The predicted octanol–water partition coefficient (Wildman–Crippen LogP) is 0.932. The zero-order valence-corrected chi connectivity index (χ0v) is 10.1. The summed E-state index contributed by atoms with van der Waals surface area (Å²) in [7, 11) is 0. The minimum Gasteiger partial charge on any atom is -0.409 e. The third-order valence-electron chi connectivity index (χ3n) is 2.76. The van der Waals surface area contributed by atoms with Crippen LogP contribution in [0.25, 0.3) is 0 Å². The van der Waals surface area contributed by atoms with Gasteiger partial charge < -0.3 is 16.3 Å². The molecule has 1 unspecified atom stereocenters. The van der Waals surface area contributed by atoms with Crippen molar-refractivity contribution >= 4 is 23.1 Å². The lowest BCUT2D eigenvalue weighted by Crippen LogP contribution is -2.46. The first-order valence-electron chi connectivity index (χ1n) is 5.50. The van der Waals surface area contributed by atoms with E-state index in [0.717, 1.165) is 17.7 Å². The number of hydrogen-bond donors (Lipinski definition) is 3. The highest BCUT2D eigenvalue weighted by Gasteiger charge is 2.35. The van der Waals surface area contributed by atoms with E-state index in [1.165, 1.54) is 0 Å². The lowest BCUT2D eigenvalue weighted by molar-refractivity contribution is -0.120. The van der Waals surface area contributed by atoms with Crippen molar-refractivity contribution in [1.29, 1.82) is 0 Å². The summed E-state index contributed by atoms with van der Waals surface area (Å²) in [5, 5.41) is 16.4. The molecule has 1 heterocycles. The second kappa shape index (κ2) is 5.18. The van der Waals surface area contributed by atoms with Crippen LogP contribution in [-0.4, -0.2) is 23.0 Å². The summed E-state index contributed by atoms with van der Waals surface area (Å²) in [5.74, 6) is 0.321. The lowest BCUT2D eigenvalue weighted by Gasteiger charge is -2.16. The van der Waals surface area contributed by atoms with E-state index in [9.17, 15) is 4.79 Å². The first-order chi connectivity index (χ1) is 8.20. The smallest absolute Gasteiger partial charge is 0.225 e. The number of nitrogens with zero attached hydrogens (tertiary/aromatic N) is 1. The fourth-order valence-corrected chi connectivity index (χ4v) is 2.42. The van der Waals surface area contributed by atoms with Gasteiger partial charge in [-0.2, -0.15) is 0 Å². The Hall–Kier alpha value is -1.56. The van der Waals surface area contributed by atoms with Crippen molar-refractivity contribution in [2.45, 2.75) is 25.3 Å². The molecule has 1 aromatic rings. The van der Waals surface area contributed by atoms with Crippen LogP contribution in [0.2, 0.25) is 0 Å². The molecule has 0 aromatic carbocycles. The van der Waals surface area contributed by atoms with Gasteiger partial charge in [0.25, 0.3) is 0 Å². The van der Waals surface area contributed by atoms with Gasteiger partial charge in [0.1, 0.15) is 0 Å². The molecule has 2 rings (SSSR count). The maximum Gasteiger partial charge on any atom is 0.225 e. The quantitative estimate of drug-likeness (QED) is 0.316. The van der Waals surface area contributed by atoms with Crippen LogP contribution in [0, 0.1) is 5.92 Å². The molecule has 1 atom stereocenters. The van der Waals surface area contributed by atoms with Crippen LogP contribution in [0.1, 0.15) is 17.7 Å². The predicted molar refractivity (Wildman–Crippen MR) is 66.1 cm³/mol. The largest absolute Gasteiger partial charge is 0.409 e. The van der Waals surface area contributed by atoms with Crippen LogP contribution in [0.5, 0.6) is 0 Å². The van der Waals surface area contributed by atoms with Crippen molar-refractivity contribution in [1.82, 2.24) is 5.32 Å². The Morgan fingerprint density at radius 2 is 2.47 bits per heavy atom. The van der Waals surface area contributed by atoms with Crippen LogP contribution in [0.4, 0.5) is 0 Å². The van der Waals surface area contributed by atoms with Gasteiger partial charge in [-0.3, -0.25) is 4.79 Å². The second-order valence-electron chi connectivity index (χ2n) is 4.16. The minimum absolute atomic E-state index is 0.0871. The Bertz CT molecular complexity index is 412. The number of oxime groups is 1. The molecular weight excluding hydrogens is 238 g/mol. The van der Waals surface area contributed by atoms with E-state index >= 15 is 0 Å². The standard InChI is InChI=1S/C11H15N3O2S/c12-11(14-16)10(7-3-4-7)13-9(15)6-8-2-1-5-17-8/h1-2,5,7,10,16H,3-4,6H2,(H2,12,14)(H,13,15). The van der Waals surface area contributed by atoms with Gasteiger partial charge in [0.05, 0.1) is 12.5 Å². The molecule has 0 radical (unpaired) electrons. The molecule has 0 saturated heterocycles. The number of thiophene rings is 1. The second-order valence-corrected chi connectivity index (χ2v) is 5.20. The highest BCUT2D eigenvalue weighted by Crippen LogP contribution is 2.32. The lowest BCUT2D eigenvalue weighted by atomic mass is 10.1. The summed E-state index contributed by atoms with van der Waals surface area (Å²) < 4.78 is 0. The van der Waals surface area contributed by atoms with Crippen molar-refractivity contribution in [3.63, 3.8) is 0 Å². The number of hydrogen-bond acceptors (Lipinski definition) is 4. The minimum atomic E-state index is -0.326. The number of amidine groups is 1. The monoisotopic (exact) mass is 253 g/mol. The molecule has 0 bridgehead atoms. The Morgan fingerprint density at radius 1 is 1.71 bits per heavy atom. The van der Waals surface area contributed by atoms with E-state index in [1.807, 2.05) is 17.5 Å². The van der Waals surface area contributed by atoms with Crippen LogP contribution in [-0.2, 0) is 11.2 Å². The number of nitrogens with two attached hydrogens (primary N) is 1. The van der Waals surface area contributed by atoms with Crippen molar-refractivity contribution in [3.05, 3.63) is 22.4 Å². The number of nitrogens with one attached hydrogen (secondary N) is 1. The average Bonchev–Trinajstić information content (AvgIpc) is 3.04. The molecule has 1 saturated carbocycles. The van der Waals surface area contributed by atoms with Crippen molar-refractivity contribution < 1.29 is 10.0 Å². The summed E-state index contributed by atoms with van der Waals surface area (Å²) >= 11 is 1.54. The van der Waals surface area contributed by atoms with E-state index < -0.39 is 0 Å². The normalized spacial score (nSPS) is 17.8. The summed E-state index contributed by atoms with van der Waals surface area (Å²) in [5.41, 5.74) is 5.57. The molecule has 0 spiro atoms. The van der Waals surface area contributed by atoms with E-state index in [4.69, 9.17) is 10.9 Å². The zero-order valence-electron chi connectivity index (χ0n) is 9.30. The number of carbonyl (C=O) groups excluding carboxylic acids is 1. The maximum absolute atomic E-state index is 11.8. The maximum atomic E-state index is 11.8. The molecule has 17 heavy (non-hydrogen) atoms. The SMILES string of the molecule is NC(=NO)C(NC(=O)Cc1cccs1)C1CC1. The van der Waals surface area contributed by atoms with Gasteiger partial charge in [-0.15, -0.1) is 11.3 Å². The van der Waals surface area contributed by atoms with Gasteiger partial charge in [0, 0.05) is 4.88 Å². The molecule has 0 aliphatic heterocycles. The fraction of sp³-hybridized carbons (Fsp3) is 0.455. The third-order valence-corrected chi connectivity index (χ3v) is 3.64. The Kier molecular flexibility index (Phi) is 3.63. The first-order valence-corrected chi connectivity index (χ1v) is 6.38. The van der Waals surface area contributed by atoms with E-state index in [0.29, 0.717) is 12.3 Å². The number of rotatable bonds is 5. The van der Waals surface area contributed by atoms with Crippen LogP contribution >= 0.6 is 11.3 Å². The van der Waals surface area contributed by atoms with Crippen molar-refractivity contribution in [2.75, 3.05) is 0 Å².